The van der Waals surface area contributed by atoms with Crippen LogP contribution in [0.4, 0.5) is 0 Å². The van der Waals surface area contributed by atoms with E-state index in [1.165, 1.54) is 22.3 Å². The number of pyridine rings is 1. The smallest absolute Gasteiger partial charge is 0.0509 e. The molecule has 1 unspecified atom stereocenters. The summed E-state index contributed by atoms with van der Waals surface area (Å²) in [6.45, 7) is 2.06. The summed E-state index contributed by atoms with van der Waals surface area (Å²) in [6.07, 6.45) is 5.96. The van der Waals surface area contributed by atoms with E-state index in [1.54, 1.807) is 0 Å². The predicted molar refractivity (Wildman–Crippen MR) is 76.4 cm³/mol. The first-order valence-corrected chi connectivity index (χ1v) is 6.72. The second-order valence-corrected chi connectivity index (χ2v) is 5.38. The molecule has 19 heavy (non-hydrogen) atoms. The first-order chi connectivity index (χ1) is 9.28. The predicted octanol–water partition coefficient (Wildman–Crippen LogP) is 2.31. The third-order valence-electron chi connectivity index (χ3n) is 3.99. The van der Waals surface area contributed by atoms with Crippen LogP contribution >= 0.6 is 0 Å². The average molecular weight is 253 g/mol. The fourth-order valence-corrected chi connectivity index (χ4v) is 3.08. The summed E-state index contributed by atoms with van der Waals surface area (Å²) in [5, 5.41) is 0. The highest BCUT2D eigenvalue weighted by Crippen LogP contribution is 2.34. The van der Waals surface area contributed by atoms with Crippen molar-refractivity contribution in [3.8, 4) is 0 Å². The van der Waals surface area contributed by atoms with Crippen LogP contribution in [0.5, 0.6) is 0 Å². The fourth-order valence-electron chi connectivity index (χ4n) is 3.08. The molecule has 0 spiro atoms. The minimum atomic E-state index is 0.166. The first kappa shape index (κ1) is 12.3. The van der Waals surface area contributed by atoms with Crippen molar-refractivity contribution in [2.45, 2.75) is 25.8 Å². The van der Waals surface area contributed by atoms with Crippen LogP contribution in [0, 0.1) is 12.8 Å². The minimum Gasteiger partial charge on any atom is -0.271 e. The quantitative estimate of drug-likeness (QED) is 0.652. The molecule has 98 valence electrons. The highest BCUT2D eigenvalue weighted by molar-refractivity contribution is 5.34. The number of hydrogen-bond donors (Lipinski definition) is 2. The Morgan fingerprint density at radius 1 is 1.21 bits per heavy atom. The van der Waals surface area contributed by atoms with Crippen molar-refractivity contribution in [3.05, 3.63) is 65.0 Å². The molecule has 2 aromatic rings. The zero-order valence-corrected chi connectivity index (χ0v) is 11.1. The SMILES string of the molecule is Cc1cncc(C(NN)C2Cc3ccccc3C2)c1. The Labute approximate surface area is 113 Å². The highest BCUT2D eigenvalue weighted by Gasteiger charge is 2.29. The molecule has 3 rings (SSSR count). The molecule has 1 aromatic carbocycles. The lowest BCUT2D eigenvalue weighted by Crippen LogP contribution is -2.34. The molecule has 0 radical (unpaired) electrons. The molecular weight excluding hydrogens is 234 g/mol. The van der Waals surface area contributed by atoms with Crippen molar-refractivity contribution in [2.75, 3.05) is 0 Å². The lowest BCUT2D eigenvalue weighted by atomic mass is 9.91. The van der Waals surface area contributed by atoms with E-state index in [9.17, 15) is 0 Å². The summed E-state index contributed by atoms with van der Waals surface area (Å²) in [5.41, 5.74) is 8.24. The standard InChI is InChI=1S/C16H19N3/c1-11-6-15(10-18-9-11)16(19-17)14-7-12-4-2-3-5-13(12)8-14/h2-6,9-10,14,16,19H,7-8,17H2,1H3. The highest BCUT2D eigenvalue weighted by atomic mass is 15.2. The number of benzene rings is 1. The molecule has 1 atom stereocenters. The number of hydrazine groups is 1. The van der Waals surface area contributed by atoms with E-state index >= 15 is 0 Å². The maximum atomic E-state index is 5.79. The number of nitrogens with zero attached hydrogens (tertiary/aromatic N) is 1. The van der Waals surface area contributed by atoms with Crippen molar-refractivity contribution >= 4 is 0 Å². The molecule has 0 saturated carbocycles. The maximum Gasteiger partial charge on any atom is 0.0509 e. The molecule has 1 aliphatic carbocycles. The Hall–Kier alpha value is -1.71. The van der Waals surface area contributed by atoms with E-state index in [0.717, 1.165) is 12.8 Å². The number of nitrogens with two attached hydrogens (primary N) is 1. The van der Waals surface area contributed by atoms with Crippen LogP contribution in [0.3, 0.4) is 0 Å². The lowest BCUT2D eigenvalue weighted by Gasteiger charge is -2.23. The van der Waals surface area contributed by atoms with Crippen molar-refractivity contribution in [1.29, 1.82) is 0 Å². The molecule has 0 amide bonds. The molecule has 1 aliphatic rings. The molecular formula is C16H19N3. The van der Waals surface area contributed by atoms with Gasteiger partial charge >= 0.3 is 0 Å². The van der Waals surface area contributed by atoms with Crippen LogP contribution in [0.15, 0.2) is 42.7 Å². The summed E-state index contributed by atoms with van der Waals surface area (Å²) in [7, 11) is 0. The normalized spacial score (nSPS) is 16.3. The maximum absolute atomic E-state index is 5.79. The van der Waals surface area contributed by atoms with Crippen LogP contribution in [-0.4, -0.2) is 4.98 Å². The molecule has 3 heteroatoms. The Kier molecular flexibility index (Phi) is 3.32. The summed E-state index contributed by atoms with van der Waals surface area (Å²) >= 11 is 0. The van der Waals surface area contributed by atoms with Gasteiger partial charge in [0, 0.05) is 12.4 Å². The van der Waals surface area contributed by atoms with E-state index in [1.807, 2.05) is 12.4 Å². The molecule has 1 heterocycles. The number of hydrogen-bond acceptors (Lipinski definition) is 3. The number of aryl methyl sites for hydroxylation is 1. The Balaban J connectivity index is 1.86. The lowest BCUT2D eigenvalue weighted by molar-refractivity contribution is 0.379. The molecule has 3 nitrogen and oxygen atoms in total. The number of fused-ring (bicyclic) bond motifs is 1. The van der Waals surface area contributed by atoms with Crippen molar-refractivity contribution in [2.24, 2.45) is 11.8 Å². The summed E-state index contributed by atoms with van der Waals surface area (Å²) in [5.74, 6) is 6.30. The van der Waals surface area contributed by atoms with Gasteiger partial charge in [-0.3, -0.25) is 16.3 Å². The summed E-state index contributed by atoms with van der Waals surface area (Å²) in [4.78, 5) is 4.28. The van der Waals surface area contributed by atoms with E-state index < -0.39 is 0 Å². The monoisotopic (exact) mass is 253 g/mol. The number of rotatable bonds is 3. The van der Waals surface area contributed by atoms with Gasteiger partial charge in [0.1, 0.15) is 0 Å². The minimum absolute atomic E-state index is 0.166. The van der Waals surface area contributed by atoms with Gasteiger partial charge in [0.2, 0.25) is 0 Å². The van der Waals surface area contributed by atoms with Gasteiger partial charge in [0.05, 0.1) is 6.04 Å². The topological polar surface area (TPSA) is 50.9 Å². The molecule has 1 aromatic heterocycles. The molecule has 0 fully saturated rings. The summed E-state index contributed by atoms with van der Waals surface area (Å²) in [6, 6.07) is 11.0. The van der Waals surface area contributed by atoms with E-state index in [0.29, 0.717) is 5.92 Å². The van der Waals surface area contributed by atoms with Crippen molar-refractivity contribution < 1.29 is 0 Å². The molecule has 0 saturated heterocycles. The molecule has 0 aliphatic heterocycles. The van der Waals surface area contributed by atoms with Gasteiger partial charge in [0.15, 0.2) is 0 Å². The second-order valence-electron chi connectivity index (χ2n) is 5.38. The Bertz CT molecular complexity index is 555. The third kappa shape index (κ3) is 2.39. The van der Waals surface area contributed by atoms with E-state index in [2.05, 4.69) is 47.7 Å². The average Bonchev–Trinajstić information content (AvgIpc) is 2.83. The van der Waals surface area contributed by atoms with Crippen molar-refractivity contribution in [1.82, 2.24) is 10.4 Å². The Morgan fingerprint density at radius 3 is 2.47 bits per heavy atom. The summed E-state index contributed by atoms with van der Waals surface area (Å²) < 4.78 is 0. The van der Waals surface area contributed by atoms with Crippen LogP contribution in [0.2, 0.25) is 0 Å². The Morgan fingerprint density at radius 2 is 1.89 bits per heavy atom. The van der Waals surface area contributed by atoms with Crippen LogP contribution < -0.4 is 11.3 Å². The van der Waals surface area contributed by atoms with Gasteiger partial charge in [0.25, 0.3) is 0 Å². The largest absolute Gasteiger partial charge is 0.271 e. The van der Waals surface area contributed by atoms with Gasteiger partial charge in [-0.2, -0.15) is 0 Å². The fraction of sp³-hybridized carbons (Fsp3) is 0.312. The molecule has 3 N–H and O–H groups in total. The zero-order chi connectivity index (χ0) is 13.2. The molecule has 0 bridgehead atoms. The van der Waals surface area contributed by atoms with Crippen LogP contribution in [-0.2, 0) is 12.8 Å². The first-order valence-electron chi connectivity index (χ1n) is 6.72. The van der Waals surface area contributed by atoms with E-state index in [4.69, 9.17) is 5.84 Å². The van der Waals surface area contributed by atoms with E-state index in [-0.39, 0.29) is 6.04 Å². The number of nitrogens with one attached hydrogen (secondary N) is 1. The zero-order valence-electron chi connectivity index (χ0n) is 11.1. The van der Waals surface area contributed by atoms with Crippen LogP contribution in [0.1, 0.15) is 28.3 Å². The van der Waals surface area contributed by atoms with Gasteiger partial charge in [-0.1, -0.05) is 30.3 Å². The number of aromatic nitrogens is 1. The van der Waals surface area contributed by atoms with Gasteiger partial charge < -0.3 is 0 Å². The van der Waals surface area contributed by atoms with Gasteiger partial charge in [-0.25, -0.2) is 0 Å². The van der Waals surface area contributed by atoms with Gasteiger partial charge in [-0.15, -0.1) is 0 Å². The van der Waals surface area contributed by atoms with Crippen molar-refractivity contribution in [3.63, 3.8) is 0 Å². The van der Waals surface area contributed by atoms with Gasteiger partial charge in [-0.05, 0) is 47.9 Å². The second kappa shape index (κ2) is 5.11. The van der Waals surface area contributed by atoms with Crippen LogP contribution in [0.25, 0.3) is 0 Å². The third-order valence-corrected chi connectivity index (χ3v) is 3.99.